The van der Waals surface area contributed by atoms with Crippen LogP contribution in [0.25, 0.3) is 5.65 Å². The molecule has 26 heavy (non-hydrogen) atoms. The topological polar surface area (TPSA) is 85.8 Å². The maximum Gasteiger partial charge on any atom is 0.178 e. The third-order valence-corrected chi connectivity index (χ3v) is 4.66. The molecule has 0 saturated heterocycles. The van der Waals surface area contributed by atoms with Crippen molar-refractivity contribution >= 4 is 11.5 Å². The number of aromatic nitrogens is 7. The molecule has 138 valence electrons. The van der Waals surface area contributed by atoms with E-state index in [0.717, 1.165) is 48.3 Å². The third-order valence-electron chi connectivity index (χ3n) is 4.66. The average molecular weight is 354 g/mol. The van der Waals surface area contributed by atoms with E-state index in [1.165, 1.54) is 0 Å². The van der Waals surface area contributed by atoms with Crippen LogP contribution in [0.15, 0.2) is 12.1 Å². The molecule has 1 N–H and O–H groups in total. The van der Waals surface area contributed by atoms with Gasteiger partial charge >= 0.3 is 0 Å². The highest BCUT2D eigenvalue weighted by atomic mass is 15.4. The summed E-state index contributed by atoms with van der Waals surface area (Å²) in [6.45, 7) is 11.5. The van der Waals surface area contributed by atoms with Gasteiger partial charge in [-0.3, -0.25) is 0 Å². The van der Waals surface area contributed by atoms with Crippen LogP contribution in [0, 0.1) is 0 Å². The van der Waals surface area contributed by atoms with Gasteiger partial charge in [0, 0.05) is 17.9 Å². The number of hydrogen-bond acceptors (Lipinski definition) is 6. The number of hydrogen-bond donors (Lipinski definition) is 1. The first kappa shape index (κ1) is 16.9. The molecule has 8 heteroatoms. The highest BCUT2D eigenvalue weighted by Gasteiger charge is 2.26. The van der Waals surface area contributed by atoms with Crippen molar-refractivity contribution < 1.29 is 0 Å². The fourth-order valence-electron chi connectivity index (χ4n) is 3.26. The quantitative estimate of drug-likeness (QED) is 0.778. The lowest BCUT2D eigenvalue weighted by molar-refractivity contribution is 0.435. The molecule has 1 unspecified atom stereocenters. The Morgan fingerprint density at radius 3 is 2.69 bits per heavy atom. The van der Waals surface area contributed by atoms with E-state index in [9.17, 15) is 0 Å². The van der Waals surface area contributed by atoms with Gasteiger partial charge in [0.25, 0.3) is 0 Å². The first-order valence-electron chi connectivity index (χ1n) is 9.27. The van der Waals surface area contributed by atoms with Crippen molar-refractivity contribution in [1.29, 1.82) is 0 Å². The van der Waals surface area contributed by atoms with Crippen molar-refractivity contribution in [2.75, 3.05) is 5.32 Å². The predicted octanol–water partition coefficient (Wildman–Crippen LogP) is 3.08. The summed E-state index contributed by atoms with van der Waals surface area (Å²) in [4.78, 5) is 4.77. The molecule has 0 spiro atoms. The Hall–Kier alpha value is -2.51. The molecule has 0 aromatic carbocycles. The predicted molar refractivity (Wildman–Crippen MR) is 99.2 cm³/mol. The zero-order chi connectivity index (χ0) is 18.5. The van der Waals surface area contributed by atoms with Gasteiger partial charge in [-0.1, -0.05) is 34.6 Å². The van der Waals surface area contributed by atoms with Gasteiger partial charge < -0.3 is 5.32 Å². The molecule has 1 aliphatic rings. The molecule has 0 amide bonds. The molecule has 4 heterocycles. The van der Waals surface area contributed by atoms with Crippen molar-refractivity contribution in [3.63, 3.8) is 0 Å². The largest absolute Gasteiger partial charge is 0.359 e. The summed E-state index contributed by atoms with van der Waals surface area (Å²) >= 11 is 0. The van der Waals surface area contributed by atoms with Gasteiger partial charge in [0.2, 0.25) is 0 Å². The monoisotopic (exact) mass is 354 g/mol. The second kappa shape index (κ2) is 6.03. The van der Waals surface area contributed by atoms with Crippen LogP contribution < -0.4 is 5.32 Å². The number of nitrogens with one attached hydrogen (secondary N) is 1. The van der Waals surface area contributed by atoms with Gasteiger partial charge in [-0.25, -0.2) is 9.67 Å². The molecule has 0 saturated carbocycles. The fourth-order valence-corrected chi connectivity index (χ4v) is 3.26. The lowest BCUT2D eigenvalue weighted by Crippen LogP contribution is -2.23. The van der Waals surface area contributed by atoms with Gasteiger partial charge in [0.15, 0.2) is 17.3 Å². The number of rotatable bonds is 3. The Morgan fingerprint density at radius 2 is 1.96 bits per heavy atom. The SMILES string of the molecule is CC(C)c1nc2n(n1)CCCC2Nc1ccc2nnc(C(C)(C)C)n2n1. The first-order valence-corrected chi connectivity index (χ1v) is 9.27. The molecule has 3 aromatic rings. The highest BCUT2D eigenvalue weighted by molar-refractivity contribution is 5.45. The maximum atomic E-state index is 4.77. The fraction of sp³-hybridized carbons (Fsp3) is 0.611. The third kappa shape index (κ3) is 2.93. The number of fused-ring (bicyclic) bond motifs is 2. The van der Waals surface area contributed by atoms with E-state index < -0.39 is 0 Å². The Labute approximate surface area is 153 Å². The minimum absolute atomic E-state index is 0.114. The molecule has 0 fully saturated rings. The van der Waals surface area contributed by atoms with Gasteiger partial charge in [0.1, 0.15) is 11.6 Å². The summed E-state index contributed by atoms with van der Waals surface area (Å²) in [6.07, 6.45) is 2.10. The molecule has 1 atom stereocenters. The van der Waals surface area contributed by atoms with Crippen molar-refractivity contribution in [2.45, 2.75) is 71.4 Å². The van der Waals surface area contributed by atoms with Crippen molar-refractivity contribution in [3.8, 4) is 0 Å². The molecule has 0 aliphatic carbocycles. The number of anilines is 1. The molecule has 0 radical (unpaired) electrons. The van der Waals surface area contributed by atoms with Crippen LogP contribution in [0.2, 0.25) is 0 Å². The van der Waals surface area contributed by atoms with Gasteiger partial charge in [0.05, 0.1) is 6.04 Å². The van der Waals surface area contributed by atoms with Crippen molar-refractivity contribution in [3.05, 3.63) is 29.6 Å². The van der Waals surface area contributed by atoms with E-state index in [1.807, 2.05) is 21.3 Å². The van der Waals surface area contributed by atoms with Crippen LogP contribution in [-0.2, 0) is 12.0 Å². The summed E-state index contributed by atoms with van der Waals surface area (Å²) in [5.74, 6) is 3.89. The molecular formula is C18H26N8. The molecule has 8 nitrogen and oxygen atoms in total. The minimum atomic E-state index is -0.123. The number of aryl methyl sites for hydroxylation is 1. The highest BCUT2D eigenvalue weighted by Crippen LogP contribution is 2.28. The van der Waals surface area contributed by atoms with E-state index in [2.05, 4.69) is 55.2 Å². The van der Waals surface area contributed by atoms with Crippen LogP contribution in [0.5, 0.6) is 0 Å². The number of nitrogens with zero attached hydrogens (tertiary/aromatic N) is 7. The Kier molecular flexibility index (Phi) is 3.93. The van der Waals surface area contributed by atoms with Gasteiger partial charge in [-0.15, -0.1) is 15.3 Å². The van der Waals surface area contributed by atoms with Crippen LogP contribution in [0.1, 0.15) is 76.9 Å². The second-order valence-electron chi connectivity index (χ2n) is 8.31. The molecule has 4 rings (SSSR count). The lowest BCUT2D eigenvalue weighted by Gasteiger charge is -2.23. The summed E-state index contributed by atoms with van der Waals surface area (Å²) in [5.41, 5.74) is 0.636. The van der Waals surface area contributed by atoms with E-state index in [1.54, 1.807) is 0 Å². The van der Waals surface area contributed by atoms with E-state index in [0.29, 0.717) is 5.92 Å². The Balaban J connectivity index is 1.66. The van der Waals surface area contributed by atoms with Gasteiger partial charge in [-0.05, 0) is 25.0 Å². The second-order valence-corrected chi connectivity index (χ2v) is 8.31. The van der Waals surface area contributed by atoms with Crippen LogP contribution in [-0.4, -0.2) is 34.6 Å². The van der Waals surface area contributed by atoms with E-state index in [-0.39, 0.29) is 11.5 Å². The van der Waals surface area contributed by atoms with E-state index in [4.69, 9.17) is 10.1 Å². The average Bonchev–Trinajstić information content (AvgIpc) is 3.18. The molecule has 1 aliphatic heterocycles. The summed E-state index contributed by atoms with van der Waals surface area (Å²) in [5, 5.41) is 21.5. The normalized spacial score (nSPS) is 17.7. The van der Waals surface area contributed by atoms with Crippen LogP contribution >= 0.6 is 0 Å². The standard InChI is InChI=1S/C18H26N8/c1-11(2)15-20-16-12(7-6-10-25(16)24-15)19-13-8-9-14-21-22-17(18(3,4)5)26(14)23-13/h8-9,11-12H,6-7,10H2,1-5H3,(H,19,23). The zero-order valence-electron chi connectivity index (χ0n) is 16.1. The Morgan fingerprint density at radius 1 is 1.15 bits per heavy atom. The lowest BCUT2D eigenvalue weighted by atomic mass is 9.96. The molecular weight excluding hydrogens is 328 g/mol. The zero-order valence-corrected chi connectivity index (χ0v) is 16.1. The van der Waals surface area contributed by atoms with Crippen molar-refractivity contribution in [2.24, 2.45) is 0 Å². The Bertz CT molecular complexity index is 930. The van der Waals surface area contributed by atoms with Crippen LogP contribution in [0.4, 0.5) is 5.82 Å². The van der Waals surface area contributed by atoms with E-state index >= 15 is 0 Å². The van der Waals surface area contributed by atoms with Gasteiger partial charge in [-0.2, -0.15) is 9.61 Å². The summed E-state index contributed by atoms with van der Waals surface area (Å²) in [6, 6.07) is 4.02. The molecule has 3 aromatic heterocycles. The smallest absolute Gasteiger partial charge is 0.178 e. The molecule has 0 bridgehead atoms. The first-order chi connectivity index (χ1) is 12.3. The van der Waals surface area contributed by atoms with Crippen LogP contribution in [0.3, 0.4) is 0 Å². The summed E-state index contributed by atoms with van der Waals surface area (Å²) < 4.78 is 3.86. The maximum absolute atomic E-state index is 4.77. The minimum Gasteiger partial charge on any atom is -0.359 e. The van der Waals surface area contributed by atoms with Crippen molar-refractivity contribution in [1.82, 2.24) is 34.6 Å². The summed E-state index contributed by atoms with van der Waals surface area (Å²) in [7, 11) is 0.